The average molecular weight is 751 g/mol. The monoisotopic (exact) mass is 750 g/mol. The van der Waals surface area contributed by atoms with Gasteiger partial charge in [-0.2, -0.15) is 27.0 Å². The van der Waals surface area contributed by atoms with Gasteiger partial charge in [0.2, 0.25) is 0 Å². The second kappa shape index (κ2) is 15.1. The summed E-state index contributed by atoms with van der Waals surface area (Å²) in [5.41, 5.74) is 1.73. The molecule has 0 radical (unpaired) electrons. The first kappa shape index (κ1) is 36.7. The van der Waals surface area contributed by atoms with Crippen molar-refractivity contribution in [2.45, 2.75) is 29.1 Å². The third-order valence-corrected chi connectivity index (χ3v) is 10.3. The maximum atomic E-state index is 13.2. The van der Waals surface area contributed by atoms with Crippen LogP contribution in [0, 0.1) is 25.6 Å². The topological polar surface area (TPSA) is 256 Å². The number of nitro groups is 2. The van der Waals surface area contributed by atoms with Crippen molar-refractivity contribution >= 4 is 55.9 Å². The number of hydrazone groups is 2. The Morgan fingerprint density at radius 3 is 1.37 bits per heavy atom. The van der Waals surface area contributed by atoms with Crippen molar-refractivity contribution in [2.24, 2.45) is 15.6 Å². The standard InChI is InChI=1S/C32H26N6O12S2/c39-30(35-33-20-22-10-1-5-14-26(22)49-51(45,46)28-16-7-3-12-24(28)37(41)42)32(18-9-19-32)31(40)36-34-21-23-11-2-6-15-27(23)50-52(47,48)29-17-8-4-13-25(29)38(43)44/h1-8,10-17,20-21H,9,18-19H2,(H,35,39)(H,36,40)/b33-20-,34-21+. The van der Waals surface area contributed by atoms with Crippen LogP contribution >= 0.6 is 0 Å². The van der Waals surface area contributed by atoms with Crippen LogP contribution in [0.3, 0.4) is 0 Å². The van der Waals surface area contributed by atoms with Crippen LogP contribution in [-0.4, -0.2) is 50.9 Å². The molecule has 0 aliphatic heterocycles. The van der Waals surface area contributed by atoms with E-state index in [2.05, 4.69) is 21.1 Å². The predicted octanol–water partition coefficient (Wildman–Crippen LogP) is 3.81. The van der Waals surface area contributed by atoms with E-state index in [0.717, 1.165) is 36.7 Å². The Labute approximate surface area is 295 Å². The van der Waals surface area contributed by atoms with E-state index in [1.807, 2.05) is 0 Å². The van der Waals surface area contributed by atoms with E-state index in [0.29, 0.717) is 6.42 Å². The van der Waals surface area contributed by atoms with Gasteiger partial charge in [-0.25, -0.2) is 10.9 Å². The van der Waals surface area contributed by atoms with E-state index >= 15 is 0 Å². The highest BCUT2D eigenvalue weighted by molar-refractivity contribution is 7.87. The molecule has 268 valence electrons. The molecule has 1 fully saturated rings. The smallest absolute Gasteiger partial charge is 0.346 e. The van der Waals surface area contributed by atoms with Gasteiger partial charge in [-0.1, -0.05) is 55.0 Å². The Morgan fingerprint density at radius 1 is 0.635 bits per heavy atom. The number of carbonyl (C=O) groups excluding carboxylic acids is 2. The second-order valence-electron chi connectivity index (χ2n) is 10.9. The molecule has 0 aromatic heterocycles. The van der Waals surface area contributed by atoms with Gasteiger partial charge in [0.15, 0.2) is 21.3 Å². The van der Waals surface area contributed by atoms with Gasteiger partial charge in [-0.15, -0.1) is 0 Å². The van der Waals surface area contributed by atoms with Crippen molar-refractivity contribution < 1.29 is 44.6 Å². The molecule has 5 rings (SSSR count). The molecule has 0 saturated heterocycles. The minimum absolute atomic E-state index is 0.0754. The zero-order chi connectivity index (χ0) is 37.5. The third kappa shape index (κ3) is 7.92. The summed E-state index contributed by atoms with van der Waals surface area (Å²) < 4.78 is 62.0. The fourth-order valence-corrected chi connectivity index (χ4v) is 7.16. The highest BCUT2D eigenvalue weighted by Gasteiger charge is 2.51. The summed E-state index contributed by atoms with van der Waals surface area (Å²) in [6.07, 6.45) is 2.93. The van der Waals surface area contributed by atoms with Crippen LogP contribution in [-0.2, 0) is 29.8 Å². The lowest BCUT2D eigenvalue weighted by Gasteiger charge is -2.36. The van der Waals surface area contributed by atoms with E-state index in [-0.39, 0.29) is 35.5 Å². The van der Waals surface area contributed by atoms with Crippen LogP contribution in [0.2, 0.25) is 0 Å². The number of nitrogens with zero attached hydrogens (tertiary/aromatic N) is 4. The first-order valence-electron chi connectivity index (χ1n) is 15.0. The zero-order valence-electron chi connectivity index (χ0n) is 26.5. The van der Waals surface area contributed by atoms with Gasteiger partial charge >= 0.3 is 20.2 Å². The summed E-state index contributed by atoms with van der Waals surface area (Å²) in [7, 11) is -9.32. The molecule has 4 aromatic rings. The largest absolute Gasteiger partial charge is 0.378 e. The number of benzene rings is 4. The van der Waals surface area contributed by atoms with Crippen molar-refractivity contribution in [3.63, 3.8) is 0 Å². The number of amides is 2. The number of hydrogen-bond donors (Lipinski definition) is 2. The van der Waals surface area contributed by atoms with Crippen LogP contribution in [0.1, 0.15) is 30.4 Å². The van der Waals surface area contributed by atoms with E-state index < -0.39 is 68.5 Å². The summed E-state index contributed by atoms with van der Waals surface area (Å²) in [5, 5.41) is 30.4. The summed E-state index contributed by atoms with van der Waals surface area (Å²) in [6.45, 7) is 0. The van der Waals surface area contributed by atoms with Gasteiger partial charge < -0.3 is 8.37 Å². The molecule has 0 bridgehead atoms. The van der Waals surface area contributed by atoms with Crippen molar-refractivity contribution in [3.05, 3.63) is 128 Å². The first-order valence-corrected chi connectivity index (χ1v) is 17.8. The summed E-state index contributed by atoms with van der Waals surface area (Å²) in [5.74, 6) is -2.09. The quantitative estimate of drug-likeness (QED) is 0.0613. The molecule has 18 nitrogen and oxygen atoms in total. The van der Waals surface area contributed by atoms with Crippen molar-refractivity contribution in [1.82, 2.24) is 10.9 Å². The van der Waals surface area contributed by atoms with Crippen molar-refractivity contribution in [3.8, 4) is 11.5 Å². The fourth-order valence-electron chi connectivity index (χ4n) is 4.91. The van der Waals surface area contributed by atoms with E-state index in [9.17, 15) is 46.7 Å². The number of hydrogen-bond acceptors (Lipinski definition) is 14. The van der Waals surface area contributed by atoms with E-state index in [1.54, 1.807) is 0 Å². The summed E-state index contributed by atoms with van der Waals surface area (Å²) in [6, 6.07) is 20.6. The molecule has 0 heterocycles. The Balaban J connectivity index is 1.26. The first-order chi connectivity index (χ1) is 24.7. The summed E-state index contributed by atoms with van der Waals surface area (Å²) in [4.78, 5) is 46.0. The van der Waals surface area contributed by atoms with E-state index in [4.69, 9.17) is 8.37 Å². The van der Waals surface area contributed by atoms with Gasteiger partial charge in [0.25, 0.3) is 23.2 Å². The Kier molecular flexibility index (Phi) is 10.7. The molecule has 1 saturated carbocycles. The minimum atomic E-state index is -4.66. The molecule has 2 N–H and O–H groups in total. The lowest BCUT2D eigenvalue weighted by Crippen LogP contribution is -2.53. The lowest BCUT2D eigenvalue weighted by atomic mass is 9.67. The minimum Gasteiger partial charge on any atom is -0.378 e. The number of carbonyl (C=O) groups is 2. The molecule has 2 amide bonds. The number of para-hydroxylation sites is 4. The maximum Gasteiger partial charge on any atom is 0.346 e. The molecule has 20 heteroatoms. The van der Waals surface area contributed by atoms with E-state index in [1.165, 1.54) is 72.8 Å². The third-order valence-electron chi connectivity index (χ3n) is 7.72. The van der Waals surface area contributed by atoms with Crippen LogP contribution < -0.4 is 19.2 Å². The number of rotatable bonds is 14. The summed E-state index contributed by atoms with van der Waals surface area (Å²) >= 11 is 0. The molecule has 0 atom stereocenters. The Morgan fingerprint density at radius 2 is 1.00 bits per heavy atom. The molecule has 4 aromatic carbocycles. The highest BCUT2D eigenvalue weighted by Crippen LogP contribution is 2.41. The second-order valence-corrected chi connectivity index (χ2v) is 14.0. The lowest BCUT2D eigenvalue weighted by molar-refractivity contribution is -0.388. The Bertz CT molecular complexity index is 2180. The SMILES string of the molecule is O=C(N/N=C\c1ccccc1OS(=O)(=O)c1ccccc1[N+](=O)[O-])C1(C(=O)N/N=C/c2ccccc2OS(=O)(=O)c2ccccc2[N+](=O)[O-])CCC1. The van der Waals surface area contributed by atoms with Gasteiger partial charge in [-0.3, -0.25) is 29.8 Å². The predicted molar refractivity (Wildman–Crippen MR) is 182 cm³/mol. The molecule has 0 unspecified atom stereocenters. The van der Waals surface area contributed by atoms with Crippen LogP contribution in [0.5, 0.6) is 11.5 Å². The van der Waals surface area contributed by atoms with Crippen LogP contribution in [0.4, 0.5) is 11.4 Å². The normalized spacial score (nSPS) is 13.9. The molecule has 52 heavy (non-hydrogen) atoms. The molecule has 1 aliphatic carbocycles. The highest BCUT2D eigenvalue weighted by atomic mass is 32.2. The fraction of sp³-hybridized carbons (Fsp3) is 0.125. The molecule has 1 aliphatic rings. The van der Waals surface area contributed by atoms with Gasteiger partial charge in [0.05, 0.1) is 22.3 Å². The van der Waals surface area contributed by atoms with Gasteiger partial charge in [0, 0.05) is 23.3 Å². The molecular weight excluding hydrogens is 725 g/mol. The Hall–Kier alpha value is -6.54. The van der Waals surface area contributed by atoms with Gasteiger partial charge in [-0.05, 0) is 49.2 Å². The maximum absolute atomic E-state index is 13.2. The molecule has 0 spiro atoms. The van der Waals surface area contributed by atoms with Crippen molar-refractivity contribution in [2.75, 3.05) is 0 Å². The van der Waals surface area contributed by atoms with Crippen molar-refractivity contribution in [1.29, 1.82) is 0 Å². The zero-order valence-corrected chi connectivity index (χ0v) is 28.2. The number of nitro benzene ring substituents is 2. The molecular formula is C32H26N6O12S2. The average Bonchev–Trinajstić information content (AvgIpc) is 3.09. The van der Waals surface area contributed by atoms with Crippen LogP contribution in [0.15, 0.2) is 117 Å². The number of nitrogens with one attached hydrogen (secondary N) is 2. The van der Waals surface area contributed by atoms with Crippen LogP contribution in [0.25, 0.3) is 0 Å². The van der Waals surface area contributed by atoms with Gasteiger partial charge in [0.1, 0.15) is 5.41 Å².